The minimum atomic E-state index is 0.108. The molecule has 0 aliphatic carbocycles. The van der Waals surface area contributed by atoms with E-state index in [4.69, 9.17) is 0 Å². The number of nitrogens with zero attached hydrogens (tertiary/aromatic N) is 2. The van der Waals surface area contributed by atoms with Crippen molar-refractivity contribution < 1.29 is 4.68 Å². The van der Waals surface area contributed by atoms with E-state index in [9.17, 15) is 0 Å². The maximum absolute atomic E-state index is 4.41. The molecule has 1 rings (SSSR count). The van der Waals surface area contributed by atoms with Crippen molar-refractivity contribution in [2.24, 2.45) is 16.4 Å². The van der Waals surface area contributed by atoms with Crippen LogP contribution < -0.4 is 0 Å². The summed E-state index contributed by atoms with van der Waals surface area (Å²) >= 11 is 0. The highest BCUT2D eigenvalue weighted by Crippen LogP contribution is 2.26. The standard InChI is InChI=1S/C11H21N2/c1-10(2,3)9-7-12-13(8-9)11(4,5)6/h7-9H,1-6H3/q+1. The van der Waals surface area contributed by atoms with Crippen LogP contribution >= 0.6 is 0 Å². The Bertz CT molecular complexity index is 248. The molecule has 0 saturated carbocycles. The lowest BCUT2D eigenvalue weighted by Gasteiger charge is -2.19. The van der Waals surface area contributed by atoms with Crippen molar-refractivity contribution in [1.29, 1.82) is 0 Å². The van der Waals surface area contributed by atoms with E-state index in [2.05, 4.69) is 57.5 Å². The molecule has 0 spiro atoms. The van der Waals surface area contributed by atoms with Gasteiger partial charge in [0.1, 0.15) is 0 Å². The van der Waals surface area contributed by atoms with E-state index in [-0.39, 0.29) is 11.0 Å². The molecule has 2 nitrogen and oxygen atoms in total. The van der Waals surface area contributed by atoms with Crippen LogP contribution in [0, 0.1) is 11.3 Å². The van der Waals surface area contributed by atoms with Crippen LogP contribution in [0.4, 0.5) is 0 Å². The van der Waals surface area contributed by atoms with Crippen LogP contribution in [-0.2, 0) is 0 Å². The fourth-order valence-corrected chi connectivity index (χ4v) is 1.22. The number of hydrazone groups is 1. The number of rotatable bonds is 0. The first-order chi connectivity index (χ1) is 5.71. The van der Waals surface area contributed by atoms with Gasteiger partial charge in [-0.3, -0.25) is 0 Å². The van der Waals surface area contributed by atoms with E-state index >= 15 is 0 Å². The smallest absolute Gasteiger partial charge is 0.0905 e. The fraction of sp³-hybridized carbons (Fsp3) is 0.818. The monoisotopic (exact) mass is 181 g/mol. The molecule has 1 atom stereocenters. The Labute approximate surface area is 81.4 Å². The molecule has 1 aliphatic heterocycles. The molecule has 0 amide bonds. The van der Waals surface area contributed by atoms with Gasteiger partial charge in [0.05, 0.1) is 12.1 Å². The summed E-state index contributed by atoms with van der Waals surface area (Å²) < 4.78 is 2.06. The Morgan fingerprint density at radius 1 is 1.08 bits per heavy atom. The van der Waals surface area contributed by atoms with Crippen molar-refractivity contribution in [3.63, 3.8) is 0 Å². The minimum absolute atomic E-state index is 0.108. The zero-order valence-electron chi connectivity index (χ0n) is 9.63. The predicted octanol–water partition coefficient (Wildman–Crippen LogP) is 2.53. The summed E-state index contributed by atoms with van der Waals surface area (Å²) in [5.74, 6) is 0.465. The molecular formula is C11H21N2+. The molecule has 0 saturated heterocycles. The molecule has 2 heteroatoms. The summed E-state index contributed by atoms with van der Waals surface area (Å²) in [6.07, 6.45) is 4.27. The SMILES string of the molecule is CC(C)(C)C1C=N[N+](C(C)(C)C)=C1. The Kier molecular flexibility index (Phi) is 2.35. The van der Waals surface area contributed by atoms with Gasteiger partial charge < -0.3 is 0 Å². The molecule has 0 radical (unpaired) electrons. The first-order valence-corrected chi connectivity index (χ1v) is 4.90. The van der Waals surface area contributed by atoms with Crippen LogP contribution in [0.1, 0.15) is 41.5 Å². The topological polar surface area (TPSA) is 15.4 Å². The second-order valence-corrected chi connectivity index (χ2v) is 5.82. The molecule has 74 valence electrons. The molecule has 0 fully saturated rings. The van der Waals surface area contributed by atoms with Crippen LogP contribution in [0.5, 0.6) is 0 Å². The van der Waals surface area contributed by atoms with Gasteiger partial charge in [-0.1, -0.05) is 25.5 Å². The second-order valence-electron chi connectivity index (χ2n) is 5.82. The highest BCUT2D eigenvalue weighted by Gasteiger charge is 2.35. The molecule has 1 heterocycles. The number of hydrogen-bond donors (Lipinski definition) is 0. The first-order valence-electron chi connectivity index (χ1n) is 4.90. The predicted molar refractivity (Wildman–Crippen MR) is 57.5 cm³/mol. The summed E-state index contributed by atoms with van der Waals surface area (Å²) in [7, 11) is 0. The third kappa shape index (κ3) is 2.39. The van der Waals surface area contributed by atoms with Crippen LogP contribution in [0.3, 0.4) is 0 Å². The zero-order valence-corrected chi connectivity index (χ0v) is 9.63. The van der Waals surface area contributed by atoms with Crippen LogP contribution in [-0.4, -0.2) is 22.7 Å². The van der Waals surface area contributed by atoms with Gasteiger partial charge in [-0.25, -0.2) is 0 Å². The van der Waals surface area contributed by atoms with E-state index in [1.165, 1.54) is 0 Å². The maximum Gasteiger partial charge on any atom is 0.185 e. The molecule has 1 aliphatic rings. The van der Waals surface area contributed by atoms with Crippen molar-refractivity contribution in [1.82, 2.24) is 0 Å². The number of hydrogen-bond acceptors (Lipinski definition) is 1. The third-order valence-electron chi connectivity index (χ3n) is 2.34. The van der Waals surface area contributed by atoms with Crippen LogP contribution in [0.15, 0.2) is 5.10 Å². The molecule has 1 unspecified atom stereocenters. The first kappa shape index (κ1) is 10.4. The van der Waals surface area contributed by atoms with Crippen molar-refractivity contribution >= 4 is 12.4 Å². The van der Waals surface area contributed by atoms with E-state index in [0.717, 1.165) is 0 Å². The van der Waals surface area contributed by atoms with E-state index in [0.29, 0.717) is 5.92 Å². The van der Waals surface area contributed by atoms with Crippen molar-refractivity contribution in [3.8, 4) is 0 Å². The average Bonchev–Trinajstić information content (AvgIpc) is 2.28. The summed E-state index contributed by atoms with van der Waals surface area (Å²) in [5, 5.41) is 4.41. The molecule has 0 bridgehead atoms. The van der Waals surface area contributed by atoms with Gasteiger partial charge >= 0.3 is 0 Å². The Morgan fingerprint density at radius 3 is 1.85 bits per heavy atom. The Balaban J connectivity index is 2.84. The fourth-order valence-electron chi connectivity index (χ4n) is 1.22. The van der Waals surface area contributed by atoms with E-state index in [1.807, 2.05) is 6.21 Å². The van der Waals surface area contributed by atoms with Crippen LogP contribution in [0.25, 0.3) is 0 Å². The van der Waals surface area contributed by atoms with Gasteiger partial charge in [-0.15, -0.1) is 0 Å². The highest BCUT2D eigenvalue weighted by atomic mass is 15.4. The maximum atomic E-state index is 4.41. The summed E-state index contributed by atoms with van der Waals surface area (Å²) in [5.41, 5.74) is 0.389. The lowest BCUT2D eigenvalue weighted by Crippen LogP contribution is -2.30. The molecule has 0 aromatic heterocycles. The third-order valence-corrected chi connectivity index (χ3v) is 2.34. The van der Waals surface area contributed by atoms with Gasteiger partial charge in [-0.2, -0.15) is 0 Å². The van der Waals surface area contributed by atoms with Crippen LogP contribution in [0.2, 0.25) is 0 Å². The van der Waals surface area contributed by atoms with Gasteiger partial charge in [0.15, 0.2) is 11.8 Å². The lowest BCUT2D eigenvalue weighted by atomic mass is 9.82. The van der Waals surface area contributed by atoms with Crippen molar-refractivity contribution in [2.75, 3.05) is 0 Å². The minimum Gasteiger partial charge on any atom is -0.0905 e. The molecule has 0 aromatic rings. The average molecular weight is 181 g/mol. The van der Waals surface area contributed by atoms with E-state index in [1.54, 1.807) is 0 Å². The lowest BCUT2D eigenvalue weighted by molar-refractivity contribution is -0.596. The zero-order chi connectivity index (χ0) is 10.3. The highest BCUT2D eigenvalue weighted by molar-refractivity contribution is 5.84. The largest absolute Gasteiger partial charge is 0.185 e. The van der Waals surface area contributed by atoms with Gasteiger partial charge in [0.2, 0.25) is 0 Å². The molecular weight excluding hydrogens is 160 g/mol. The summed E-state index contributed by atoms with van der Waals surface area (Å²) in [4.78, 5) is 0. The van der Waals surface area contributed by atoms with Gasteiger partial charge in [0.25, 0.3) is 0 Å². The van der Waals surface area contributed by atoms with E-state index < -0.39 is 0 Å². The molecule has 0 N–H and O–H groups in total. The quantitative estimate of drug-likeness (QED) is 0.510. The van der Waals surface area contributed by atoms with Crippen molar-refractivity contribution in [2.45, 2.75) is 47.1 Å². The summed E-state index contributed by atoms with van der Waals surface area (Å²) in [6, 6.07) is 0. The summed E-state index contributed by atoms with van der Waals surface area (Å²) in [6.45, 7) is 13.2. The molecule has 0 aromatic carbocycles. The Hall–Kier alpha value is -0.660. The normalized spacial score (nSPS) is 23.5. The van der Waals surface area contributed by atoms with Gasteiger partial charge in [0, 0.05) is 20.8 Å². The van der Waals surface area contributed by atoms with Gasteiger partial charge in [-0.05, 0) is 10.5 Å². The second kappa shape index (κ2) is 2.93. The Morgan fingerprint density at radius 2 is 1.62 bits per heavy atom. The molecule has 13 heavy (non-hydrogen) atoms. The van der Waals surface area contributed by atoms with Crippen molar-refractivity contribution in [3.05, 3.63) is 0 Å².